The van der Waals surface area contributed by atoms with Gasteiger partial charge in [-0.3, -0.25) is 4.79 Å². The molecule has 0 bridgehead atoms. The van der Waals surface area contributed by atoms with Gasteiger partial charge >= 0.3 is 0 Å². The van der Waals surface area contributed by atoms with E-state index in [4.69, 9.17) is 4.84 Å². The number of oxime groups is 1. The van der Waals surface area contributed by atoms with Gasteiger partial charge in [-0.2, -0.15) is 0 Å². The summed E-state index contributed by atoms with van der Waals surface area (Å²) in [6.45, 7) is 3.57. The summed E-state index contributed by atoms with van der Waals surface area (Å²) in [6.07, 6.45) is 12.2. The average Bonchev–Trinajstić information content (AvgIpc) is 3.26. The molecule has 5 heteroatoms. The molecule has 3 atom stereocenters. The van der Waals surface area contributed by atoms with Crippen LogP contribution in [0.5, 0.6) is 0 Å². The van der Waals surface area contributed by atoms with E-state index in [1.807, 2.05) is 36.5 Å². The van der Waals surface area contributed by atoms with Crippen molar-refractivity contribution in [1.29, 1.82) is 0 Å². The maximum Gasteiger partial charge on any atom is 0.226 e. The molecule has 0 N–H and O–H groups in total. The van der Waals surface area contributed by atoms with Gasteiger partial charge in [0, 0.05) is 18.5 Å². The van der Waals surface area contributed by atoms with Crippen LogP contribution in [0.15, 0.2) is 35.5 Å². The van der Waals surface area contributed by atoms with Gasteiger partial charge in [0.25, 0.3) is 0 Å². The van der Waals surface area contributed by atoms with Crippen molar-refractivity contribution in [3.63, 3.8) is 0 Å². The maximum absolute atomic E-state index is 13.7. The lowest BCUT2D eigenvalue weighted by Crippen LogP contribution is -2.43. The lowest BCUT2D eigenvalue weighted by Gasteiger charge is -2.34. The van der Waals surface area contributed by atoms with Crippen molar-refractivity contribution in [1.82, 2.24) is 9.80 Å². The first-order chi connectivity index (χ1) is 15.1. The van der Waals surface area contributed by atoms with E-state index in [9.17, 15) is 4.79 Å². The number of carbonyl (C=O) groups is 1. The van der Waals surface area contributed by atoms with E-state index >= 15 is 0 Å². The quantitative estimate of drug-likeness (QED) is 0.385. The minimum atomic E-state index is 0.0700. The van der Waals surface area contributed by atoms with Crippen LogP contribution in [0.25, 0.3) is 0 Å². The molecule has 0 aromatic heterocycles. The molecule has 1 heterocycles. The van der Waals surface area contributed by atoms with Gasteiger partial charge in [-0.1, -0.05) is 54.8 Å². The van der Waals surface area contributed by atoms with Gasteiger partial charge in [-0.15, -0.1) is 0 Å². The highest BCUT2D eigenvalue weighted by Gasteiger charge is 2.36. The molecule has 1 saturated carbocycles. The van der Waals surface area contributed by atoms with E-state index in [0.717, 1.165) is 37.8 Å². The third kappa shape index (κ3) is 7.06. The minimum absolute atomic E-state index is 0.0700. The van der Waals surface area contributed by atoms with Crippen LogP contribution in [0.3, 0.4) is 0 Å². The fourth-order valence-electron chi connectivity index (χ4n) is 5.01. The summed E-state index contributed by atoms with van der Waals surface area (Å²) in [5, 5.41) is 4.22. The molecule has 1 aliphatic heterocycles. The van der Waals surface area contributed by atoms with Gasteiger partial charge in [0.1, 0.15) is 6.61 Å². The van der Waals surface area contributed by atoms with E-state index in [2.05, 4.69) is 36.0 Å². The number of hydrogen-bond acceptors (Lipinski definition) is 4. The SMILES string of the molecule is C[C@@H](CC[C@H](C(=O)N1CCCC1/C=N/OCc1ccccc1)C1CCCCC1)N(C)C. The minimum Gasteiger partial charge on any atom is -0.391 e. The number of carbonyl (C=O) groups excluding carboxylic acids is 1. The van der Waals surface area contributed by atoms with Crippen LogP contribution in [-0.4, -0.2) is 54.6 Å². The lowest BCUT2D eigenvalue weighted by molar-refractivity contribution is -0.138. The van der Waals surface area contributed by atoms with Crippen LogP contribution in [0.1, 0.15) is 70.3 Å². The fraction of sp³-hybridized carbons (Fsp3) is 0.692. The zero-order valence-electron chi connectivity index (χ0n) is 19.7. The molecule has 1 amide bonds. The molecular formula is C26H41N3O2. The topological polar surface area (TPSA) is 45.1 Å². The van der Waals surface area contributed by atoms with E-state index in [1.54, 1.807) is 0 Å². The van der Waals surface area contributed by atoms with Gasteiger partial charge in [0.2, 0.25) is 5.91 Å². The number of benzene rings is 1. The number of nitrogens with zero attached hydrogens (tertiary/aromatic N) is 3. The molecule has 2 fully saturated rings. The highest BCUT2D eigenvalue weighted by molar-refractivity contribution is 5.83. The standard InChI is InChI=1S/C26H41N3O2/c1-21(28(2)3)16-17-25(23-13-8-5-9-14-23)26(30)29-18-10-15-24(29)19-27-31-20-22-11-6-4-7-12-22/h4,6-7,11-12,19,21,23-25H,5,8-10,13-18,20H2,1-3H3/b27-19+/t21-,24?,25-/m0/s1. The van der Waals surface area contributed by atoms with Crippen molar-refractivity contribution in [2.75, 3.05) is 20.6 Å². The van der Waals surface area contributed by atoms with Crippen molar-refractivity contribution >= 4 is 12.1 Å². The second-order valence-electron chi connectivity index (χ2n) is 9.65. The second kappa shape index (κ2) is 12.2. The summed E-state index contributed by atoms with van der Waals surface area (Å²) in [5.74, 6) is 1.06. The van der Waals surface area contributed by atoms with Crippen LogP contribution >= 0.6 is 0 Å². The molecule has 1 aromatic rings. The molecule has 5 nitrogen and oxygen atoms in total. The number of likely N-dealkylation sites (tertiary alicyclic amines) is 1. The predicted molar refractivity (Wildman–Crippen MR) is 127 cm³/mol. The Labute approximate surface area is 188 Å². The van der Waals surface area contributed by atoms with Crippen molar-refractivity contribution in [2.24, 2.45) is 17.0 Å². The van der Waals surface area contributed by atoms with Gasteiger partial charge in [-0.25, -0.2) is 0 Å². The molecule has 172 valence electrons. The van der Waals surface area contributed by atoms with Crippen LogP contribution in [-0.2, 0) is 16.2 Å². The summed E-state index contributed by atoms with van der Waals surface area (Å²) < 4.78 is 0. The first-order valence-electron chi connectivity index (χ1n) is 12.2. The Balaban J connectivity index is 1.60. The van der Waals surface area contributed by atoms with Gasteiger partial charge in [0.05, 0.1) is 12.3 Å². The molecule has 1 unspecified atom stereocenters. The third-order valence-electron chi connectivity index (χ3n) is 7.28. The summed E-state index contributed by atoms with van der Waals surface area (Å²) >= 11 is 0. The predicted octanol–water partition coefficient (Wildman–Crippen LogP) is 5.11. The van der Waals surface area contributed by atoms with Gasteiger partial charge in [-0.05, 0) is 71.0 Å². The van der Waals surface area contributed by atoms with Crippen molar-refractivity contribution < 1.29 is 9.63 Å². The van der Waals surface area contributed by atoms with Crippen LogP contribution in [0, 0.1) is 11.8 Å². The molecule has 1 aromatic carbocycles. The van der Waals surface area contributed by atoms with E-state index in [-0.39, 0.29) is 12.0 Å². The molecule has 1 saturated heterocycles. The van der Waals surface area contributed by atoms with Crippen molar-refractivity contribution in [3.05, 3.63) is 35.9 Å². The van der Waals surface area contributed by atoms with Crippen molar-refractivity contribution in [3.8, 4) is 0 Å². The Bertz CT molecular complexity index is 685. The first kappa shape index (κ1) is 23.8. The van der Waals surface area contributed by atoms with Crippen LogP contribution in [0.2, 0.25) is 0 Å². The average molecular weight is 428 g/mol. The lowest BCUT2D eigenvalue weighted by atomic mass is 9.77. The Morgan fingerprint density at radius 3 is 2.58 bits per heavy atom. The smallest absolute Gasteiger partial charge is 0.226 e. The summed E-state index contributed by atoms with van der Waals surface area (Å²) in [4.78, 5) is 23.6. The van der Waals surface area contributed by atoms with Crippen molar-refractivity contribution in [2.45, 2.75) is 83.4 Å². The Morgan fingerprint density at radius 1 is 1.13 bits per heavy atom. The third-order valence-corrected chi connectivity index (χ3v) is 7.28. The monoisotopic (exact) mass is 427 g/mol. The highest BCUT2D eigenvalue weighted by atomic mass is 16.6. The summed E-state index contributed by atoms with van der Waals surface area (Å²) in [5.41, 5.74) is 1.10. The highest BCUT2D eigenvalue weighted by Crippen LogP contribution is 2.35. The molecular weight excluding hydrogens is 386 g/mol. The molecule has 0 spiro atoms. The van der Waals surface area contributed by atoms with E-state index in [0.29, 0.717) is 24.5 Å². The number of rotatable bonds is 10. The van der Waals surface area contributed by atoms with E-state index in [1.165, 1.54) is 32.1 Å². The summed E-state index contributed by atoms with van der Waals surface area (Å²) in [7, 11) is 4.26. The maximum atomic E-state index is 13.7. The zero-order valence-corrected chi connectivity index (χ0v) is 19.7. The fourth-order valence-corrected chi connectivity index (χ4v) is 5.01. The Morgan fingerprint density at radius 2 is 1.87 bits per heavy atom. The summed E-state index contributed by atoms with van der Waals surface area (Å²) in [6, 6.07) is 10.6. The largest absolute Gasteiger partial charge is 0.391 e. The normalized spacial score (nSPS) is 22.2. The number of hydrogen-bond donors (Lipinski definition) is 0. The molecule has 3 rings (SSSR count). The van der Waals surface area contributed by atoms with Crippen LogP contribution < -0.4 is 0 Å². The molecule has 2 aliphatic rings. The molecule has 0 radical (unpaired) electrons. The number of amides is 1. The molecule has 1 aliphatic carbocycles. The zero-order chi connectivity index (χ0) is 22.1. The van der Waals surface area contributed by atoms with Crippen LogP contribution in [0.4, 0.5) is 0 Å². The Hall–Kier alpha value is -1.88. The second-order valence-corrected chi connectivity index (χ2v) is 9.65. The Kier molecular flexibility index (Phi) is 9.38. The molecule has 31 heavy (non-hydrogen) atoms. The first-order valence-corrected chi connectivity index (χ1v) is 12.2. The van der Waals surface area contributed by atoms with E-state index < -0.39 is 0 Å². The van der Waals surface area contributed by atoms with Gasteiger partial charge in [0.15, 0.2) is 0 Å². The van der Waals surface area contributed by atoms with Gasteiger partial charge < -0.3 is 14.6 Å².